The van der Waals surface area contributed by atoms with Crippen LogP contribution in [0.4, 0.5) is 0 Å². The molecule has 3 saturated heterocycles. The van der Waals surface area contributed by atoms with Crippen molar-refractivity contribution in [2.24, 2.45) is 17.8 Å². The van der Waals surface area contributed by atoms with E-state index in [9.17, 15) is 28.8 Å². The fourth-order valence-corrected chi connectivity index (χ4v) is 8.40. The second-order valence-electron chi connectivity index (χ2n) is 19.4. The van der Waals surface area contributed by atoms with Gasteiger partial charge < -0.3 is 43.1 Å². The van der Waals surface area contributed by atoms with Gasteiger partial charge in [-0.3, -0.25) is 28.8 Å². The molecule has 3 amide bonds. The molecule has 0 spiro atoms. The summed E-state index contributed by atoms with van der Waals surface area (Å²) in [5.41, 5.74) is 0. The predicted octanol–water partition coefficient (Wildman–Crippen LogP) is 9.89. The topological polar surface area (TPSA) is 168 Å². The third kappa shape index (κ3) is 32.6. The van der Waals surface area contributed by atoms with Gasteiger partial charge in [0.05, 0.1) is 64.0 Å². The number of hydrogen-bond acceptors (Lipinski definition) is 12. The summed E-state index contributed by atoms with van der Waals surface area (Å²) in [7, 11) is 1.69. The molecule has 3 aliphatic rings. The van der Waals surface area contributed by atoms with E-state index in [2.05, 4.69) is 34.6 Å². The van der Waals surface area contributed by atoms with E-state index in [-0.39, 0.29) is 66.4 Å². The second-order valence-corrected chi connectivity index (χ2v) is 19.4. The molecule has 0 aromatic carbocycles. The van der Waals surface area contributed by atoms with Crippen molar-refractivity contribution >= 4 is 35.6 Å². The van der Waals surface area contributed by atoms with Crippen molar-refractivity contribution < 1.29 is 57.2 Å². The molecular weight excluding hydrogens is 895 g/mol. The Balaban J connectivity index is 0.000000526. The number of rotatable bonds is 40. The Morgan fingerprint density at radius 3 is 1.10 bits per heavy atom. The van der Waals surface area contributed by atoms with Crippen LogP contribution in [-0.2, 0) is 57.2 Å². The third-order valence-electron chi connectivity index (χ3n) is 12.9. The first-order chi connectivity index (χ1) is 34.0. The van der Waals surface area contributed by atoms with Crippen molar-refractivity contribution in [3.05, 3.63) is 0 Å². The van der Waals surface area contributed by atoms with Gasteiger partial charge in [-0.25, -0.2) is 0 Å². The van der Waals surface area contributed by atoms with E-state index in [0.29, 0.717) is 78.7 Å². The van der Waals surface area contributed by atoms with E-state index in [0.717, 1.165) is 83.9 Å². The van der Waals surface area contributed by atoms with Crippen molar-refractivity contribution in [1.29, 1.82) is 0 Å². The van der Waals surface area contributed by atoms with E-state index in [4.69, 9.17) is 28.4 Å². The van der Waals surface area contributed by atoms with Crippen LogP contribution >= 0.6 is 0 Å². The zero-order valence-corrected chi connectivity index (χ0v) is 45.3. The Bertz CT molecular complexity index is 1370. The average Bonchev–Trinajstić information content (AvgIpc) is 4.04. The van der Waals surface area contributed by atoms with Gasteiger partial charge >= 0.3 is 17.9 Å². The normalized spacial score (nSPS) is 17.7. The summed E-state index contributed by atoms with van der Waals surface area (Å²) >= 11 is 0. The number of esters is 3. The van der Waals surface area contributed by atoms with Gasteiger partial charge in [0.2, 0.25) is 17.7 Å². The number of hydrogen-bond donors (Lipinski definition) is 0. The molecule has 0 aromatic heterocycles. The molecular formula is C55H101N3O12. The van der Waals surface area contributed by atoms with Crippen molar-refractivity contribution in [2.75, 3.05) is 99.2 Å². The minimum atomic E-state index is -0.344. The minimum Gasteiger partial charge on any atom is -0.465 e. The van der Waals surface area contributed by atoms with Crippen molar-refractivity contribution in [2.45, 2.75) is 202 Å². The quantitative estimate of drug-likeness (QED) is 0.0324. The van der Waals surface area contributed by atoms with Gasteiger partial charge in [0.15, 0.2) is 0 Å². The van der Waals surface area contributed by atoms with Gasteiger partial charge in [0, 0.05) is 65.6 Å². The Morgan fingerprint density at radius 1 is 0.371 bits per heavy atom. The van der Waals surface area contributed by atoms with E-state index in [1.807, 2.05) is 9.80 Å². The molecule has 0 radical (unpaired) electrons. The monoisotopic (exact) mass is 996 g/mol. The zero-order valence-electron chi connectivity index (χ0n) is 45.3. The first kappa shape index (κ1) is 64.7. The molecule has 70 heavy (non-hydrogen) atoms. The maximum atomic E-state index is 12.1. The van der Waals surface area contributed by atoms with Crippen LogP contribution < -0.4 is 0 Å². The third-order valence-corrected chi connectivity index (χ3v) is 12.9. The van der Waals surface area contributed by atoms with E-state index >= 15 is 0 Å². The lowest BCUT2D eigenvalue weighted by molar-refractivity contribution is -0.150. The van der Waals surface area contributed by atoms with Crippen molar-refractivity contribution in [3.63, 3.8) is 0 Å². The maximum absolute atomic E-state index is 12.1. The molecule has 0 bridgehead atoms. The molecule has 0 N–H and O–H groups in total. The van der Waals surface area contributed by atoms with Crippen LogP contribution in [0.2, 0.25) is 0 Å². The van der Waals surface area contributed by atoms with Crippen molar-refractivity contribution in [1.82, 2.24) is 14.7 Å². The van der Waals surface area contributed by atoms with Crippen LogP contribution in [0.15, 0.2) is 0 Å². The summed E-state index contributed by atoms with van der Waals surface area (Å²) in [5, 5.41) is 0. The van der Waals surface area contributed by atoms with E-state index in [1.165, 1.54) is 83.5 Å². The van der Waals surface area contributed by atoms with Crippen molar-refractivity contribution in [3.8, 4) is 0 Å². The second kappa shape index (κ2) is 44.4. The average molecular weight is 996 g/mol. The Labute approximate surface area is 424 Å². The fourth-order valence-electron chi connectivity index (χ4n) is 8.40. The van der Waals surface area contributed by atoms with Crippen LogP contribution in [0.3, 0.4) is 0 Å². The molecule has 3 atom stereocenters. The summed E-state index contributed by atoms with van der Waals surface area (Å²) in [6.07, 6.45) is 28.0. The predicted molar refractivity (Wildman–Crippen MR) is 275 cm³/mol. The smallest absolute Gasteiger partial charge is 0.311 e. The van der Waals surface area contributed by atoms with E-state index in [1.54, 1.807) is 11.9 Å². The molecule has 3 rings (SSSR count). The van der Waals surface area contributed by atoms with Gasteiger partial charge in [-0.1, -0.05) is 150 Å². The summed E-state index contributed by atoms with van der Waals surface area (Å²) in [4.78, 5) is 76.3. The highest BCUT2D eigenvalue weighted by Crippen LogP contribution is 2.22. The van der Waals surface area contributed by atoms with Gasteiger partial charge in [0.1, 0.15) is 6.61 Å². The number of likely N-dealkylation sites (tertiary alicyclic amines) is 3. The molecule has 3 unspecified atom stereocenters. The van der Waals surface area contributed by atoms with Gasteiger partial charge in [-0.2, -0.15) is 0 Å². The highest BCUT2D eigenvalue weighted by Gasteiger charge is 2.36. The standard InChI is InChI=1S/C21H39NO3.C18H33NO3.C16H29NO6/c1-3-5-7-9-11-13-15-22-18-19(17-20(22)23)21(24)25-16-14-12-10-8-6-4-2;1-3-5-7-8-9-11-13-22-18(21)16-14-17(20)19(15-16)12-10-6-4-2;1-3-4-5-20-6-7-21-8-9-22-10-11-23-16(19)14-12-15(18)17(2)13-14/h19H,3-18H2,1-2H3;16H,3-15H2,1-2H3;14H,3-13H2,1-2H3. The Morgan fingerprint density at radius 2 is 0.686 bits per heavy atom. The zero-order chi connectivity index (χ0) is 51.5. The van der Waals surface area contributed by atoms with E-state index < -0.39 is 0 Å². The Hall–Kier alpha value is -3.30. The lowest BCUT2D eigenvalue weighted by Gasteiger charge is -2.16. The lowest BCUT2D eigenvalue weighted by Crippen LogP contribution is -2.27. The van der Waals surface area contributed by atoms with Gasteiger partial charge in [0.25, 0.3) is 0 Å². The number of unbranched alkanes of at least 4 members (excludes halogenated alkanes) is 18. The molecule has 408 valence electrons. The molecule has 3 aliphatic heterocycles. The minimum absolute atomic E-state index is 0.0148. The number of carbonyl (C=O) groups excluding carboxylic acids is 6. The first-order valence-corrected chi connectivity index (χ1v) is 28.0. The van der Waals surface area contributed by atoms with Crippen LogP contribution in [-0.4, -0.2) is 150 Å². The largest absolute Gasteiger partial charge is 0.465 e. The van der Waals surface area contributed by atoms with Crippen LogP contribution in [0, 0.1) is 17.8 Å². The van der Waals surface area contributed by atoms with Crippen LogP contribution in [0.25, 0.3) is 0 Å². The highest BCUT2D eigenvalue weighted by atomic mass is 16.6. The van der Waals surface area contributed by atoms with Crippen LogP contribution in [0.1, 0.15) is 202 Å². The molecule has 0 saturated carbocycles. The Kier molecular flexibility index (Phi) is 41.1. The summed E-state index contributed by atoms with van der Waals surface area (Å²) < 4.78 is 31.8. The summed E-state index contributed by atoms with van der Waals surface area (Å²) in [5.74, 6) is -1.30. The fraction of sp³-hybridized carbons (Fsp3) is 0.891. The summed E-state index contributed by atoms with van der Waals surface area (Å²) in [6, 6.07) is 0. The molecule has 0 aliphatic carbocycles. The lowest BCUT2D eigenvalue weighted by atomic mass is 10.1. The van der Waals surface area contributed by atoms with Gasteiger partial charge in [-0.05, 0) is 32.1 Å². The number of amides is 3. The molecule has 15 nitrogen and oxygen atoms in total. The van der Waals surface area contributed by atoms with Gasteiger partial charge in [-0.15, -0.1) is 0 Å². The maximum Gasteiger partial charge on any atom is 0.311 e. The molecule has 0 aromatic rings. The summed E-state index contributed by atoms with van der Waals surface area (Å²) in [6.45, 7) is 18.5. The van der Waals surface area contributed by atoms with Crippen LogP contribution in [0.5, 0.6) is 0 Å². The molecule has 3 fully saturated rings. The molecule has 3 heterocycles. The number of carbonyl (C=O) groups is 6. The first-order valence-electron chi connectivity index (χ1n) is 28.0. The molecule has 15 heteroatoms. The number of ether oxygens (including phenoxy) is 6. The number of nitrogens with zero attached hydrogens (tertiary/aromatic N) is 3. The highest BCUT2D eigenvalue weighted by molar-refractivity contribution is 5.88. The SMILES string of the molecule is CCCCCCCCOC(=O)C1CC(=O)N(CCCCC)C1.CCCCCCCCOC(=O)C1CC(=O)N(CCCCCCCC)C1.CCCCOCCOCCOCCOC(=O)C1CC(=O)N(C)C1.